The van der Waals surface area contributed by atoms with Crippen LogP contribution in [-0.2, 0) is 0 Å². The van der Waals surface area contributed by atoms with Crippen LogP contribution in [0, 0.1) is 6.92 Å². The Morgan fingerprint density at radius 3 is 3.05 bits per heavy atom. The third kappa shape index (κ3) is 2.54. The van der Waals surface area contributed by atoms with E-state index < -0.39 is 0 Å². The van der Waals surface area contributed by atoms with Gasteiger partial charge in [0, 0.05) is 11.8 Å². The van der Waals surface area contributed by atoms with Crippen LogP contribution in [0.5, 0.6) is 11.6 Å². The molecule has 1 aliphatic heterocycles. The normalized spacial score (nSPS) is 13.3. The van der Waals surface area contributed by atoms with Crippen molar-refractivity contribution in [2.45, 2.75) is 6.92 Å². The van der Waals surface area contributed by atoms with Crippen molar-refractivity contribution in [3.8, 4) is 11.6 Å². The minimum Gasteiger partial charge on any atom is -0.497 e. The van der Waals surface area contributed by atoms with Crippen LogP contribution in [0.15, 0.2) is 36.5 Å². The zero-order valence-electron chi connectivity index (χ0n) is 12.0. The van der Waals surface area contributed by atoms with Crippen LogP contribution >= 0.6 is 0 Å². The summed E-state index contributed by atoms with van der Waals surface area (Å²) in [5.74, 6) is 1.09. The second-order valence-electron chi connectivity index (χ2n) is 4.87. The van der Waals surface area contributed by atoms with Crippen LogP contribution < -0.4 is 14.4 Å². The summed E-state index contributed by atoms with van der Waals surface area (Å²) in [6.07, 6.45) is 1.73. The van der Waals surface area contributed by atoms with E-state index in [9.17, 15) is 4.79 Å². The van der Waals surface area contributed by atoms with Crippen LogP contribution in [0.2, 0.25) is 0 Å². The van der Waals surface area contributed by atoms with Gasteiger partial charge in [0.1, 0.15) is 18.0 Å². The molecule has 0 radical (unpaired) electrons. The zero-order chi connectivity index (χ0) is 14.8. The number of hydrogen-bond donors (Lipinski definition) is 0. The molecular weight excluding hydrogens is 268 g/mol. The minimum absolute atomic E-state index is 0.0779. The van der Waals surface area contributed by atoms with Gasteiger partial charge in [0.15, 0.2) is 0 Å². The Hall–Kier alpha value is -2.56. The van der Waals surface area contributed by atoms with Gasteiger partial charge in [0.05, 0.1) is 13.7 Å². The molecule has 1 aromatic carbocycles. The van der Waals surface area contributed by atoms with Gasteiger partial charge >= 0.3 is 0 Å². The molecule has 0 N–H and O–H groups in total. The monoisotopic (exact) mass is 284 g/mol. The predicted molar refractivity (Wildman–Crippen MR) is 79.1 cm³/mol. The Bertz CT molecular complexity index is 685. The van der Waals surface area contributed by atoms with Gasteiger partial charge in [0.2, 0.25) is 5.88 Å². The number of aromatic nitrogens is 1. The van der Waals surface area contributed by atoms with Gasteiger partial charge < -0.3 is 14.4 Å². The lowest BCUT2D eigenvalue weighted by molar-refractivity contribution is 0.0975. The average Bonchev–Trinajstić information content (AvgIpc) is 2.53. The summed E-state index contributed by atoms with van der Waals surface area (Å²) in [6.45, 7) is 2.89. The van der Waals surface area contributed by atoms with Crippen molar-refractivity contribution in [1.82, 2.24) is 4.98 Å². The number of ether oxygens (including phenoxy) is 2. The Balaban J connectivity index is 1.97. The molecule has 0 aliphatic carbocycles. The van der Waals surface area contributed by atoms with Crippen molar-refractivity contribution in [3.63, 3.8) is 0 Å². The summed E-state index contributed by atoms with van der Waals surface area (Å²) >= 11 is 0. The molecule has 108 valence electrons. The molecule has 0 unspecified atom stereocenters. The van der Waals surface area contributed by atoms with Gasteiger partial charge in [-0.3, -0.25) is 4.79 Å². The fourth-order valence-corrected chi connectivity index (χ4v) is 2.32. The highest BCUT2D eigenvalue weighted by Gasteiger charge is 2.26. The highest BCUT2D eigenvalue weighted by Crippen LogP contribution is 2.31. The van der Waals surface area contributed by atoms with Crippen LogP contribution in [0.1, 0.15) is 15.9 Å². The molecule has 1 aromatic heterocycles. The lowest BCUT2D eigenvalue weighted by atomic mass is 10.1. The number of carbonyl (C=O) groups is 1. The van der Waals surface area contributed by atoms with Crippen LogP contribution in [0.25, 0.3) is 0 Å². The van der Waals surface area contributed by atoms with Gasteiger partial charge in [-0.25, -0.2) is 4.98 Å². The number of hydrogen-bond acceptors (Lipinski definition) is 4. The number of aryl methyl sites for hydroxylation is 1. The molecule has 2 heterocycles. The van der Waals surface area contributed by atoms with Gasteiger partial charge in [-0.1, -0.05) is 6.07 Å². The maximum Gasteiger partial charge on any atom is 0.258 e. The number of anilines is 1. The summed E-state index contributed by atoms with van der Waals surface area (Å²) in [6, 6.07) is 9.06. The number of rotatable bonds is 2. The summed E-state index contributed by atoms with van der Waals surface area (Å²) < 4.78 is 10.7. The fourth-order valence-electron chi connectivity index (χ4n) is 2.32. The van der Waals surface area contributed by atoms with E-state index in [1.54, 1.807) is 30.3 Å². The number of fused-ring (bicyclic) bond motifs is 1. The lowest BCUT2D eigenvalue weighted by Gasteiger charge is -2.29. The number of methoxy groups -OCH3 is 1. The van der Waals surface area contributed by atoms with Crippen molar-refractivity contribution in [1.29, 1.82) is 0 Å². The maximum atomic E-state index is 12.7. The standard InChI is InChI=1S/C16H16N2O3/c1-11-8-14-15(17-10-11)21-7-6-18(14)16(19)12-4-3-5-13(9-12)20-2/h3-5,8-10H,6-7H2,1-2H3. The molecule has 5 nitrogen and oxygen atoms in total. The molecule has 1 aliphatic rings. The first-order valence-electron chi connectivity index (χ1n) is 6.74. The van der Waals surface area contributed by atoms with Gasteiger partial charge in [-0.05, 0) is 36.8 Å². The molecule has 0 saturated carbocycles. The van der Waals surface area contributed by atoms with E-state index in [1.165, 1.54) is 0 Å². The predicted octanol–water partition coefficient (Wildman–Crippen LogP) is 2.44. The van der Waals surface area contributed by atoms with Crippen molar-refractivity contribution in [3.05, 3.63) is 47.7 Å². The molecule has 0 atom stereocenters. The van der Waals surface area contributed by atoms with E-state index >= 15 is 0 Å². The summed E-state index contributed by atoms with van der Waals surface area (Å²) in [7, 11) is 1.58. The highest BCUT2D eigenvalue weighted by molar-refractivity contribution is 6.07. The highest BCUT2D eigenvalue weighted by atomic mass is 16.5. The van der Waals surface area contributed by atoms with Crippen molar-refractivity contribution in [2.24, 2.45) is 0 Å². The lowest BCUT2D eigenvalue weighted by Crippen LogP contribution is -2.38. The quantitative estimate of drug-likeness (QED) is 0.850. The molecule has 2 aromatic rings. The largest absolute Gasteiger partial charge is 0.497 e. The molecule has 5 heteroatoms. The number of carbonyl (C=O) groups excluding carboxylic acids is 1. The SMILES string of the molecule is COc1cccc(C(=O)N2CCOc3ncc(C)cc32)c1. The number of amides is 1. The summed E-state index contributed by atoms with van der Waals surface area (Å²) in [5.41, 5.74) is 2.29. The first-order chi connectivity index (χ1) is 10.2. The third-order valence-electron chi connectivity index (χ3n) is 3.38. The minimum atomic E-state index is -0.0779. The molecule has 1 amide bonds. The second-order valence-corrected chi connectivity index (χ2v) is 4.87. The molecule has 0 fully saturated rings. The van der Waals surface area contributed by atoms with E-state index in [1.807, 2.05) is 25.1 Å². The number of benzene rings is 1. The van der Waals surface area contributed by atoms with Crippen molar-refractivity contribution < 1.29 is 14.3 Å². The van der Waals surface area contributed by atoms with E-state index in [0.717, 1.165) is 5.56 Å². The number of nitrogens with zero attached hydrogens (tertiary/aromatic N) is 2. The topological polar surface area (TPSA) is 51.7 Å². The van der Waals surface area contributed by atoms with E-state index in [2.05, 4.69) is 4.98 Å². The second kappa shape index (κ2) is 5.44. The third-order valence-corrected chi connectivity index (χ3v) is 3.38. The van der Waals surface area contributed by atoms with Crippen LogP contribution in [0.3, 0.4) is 0 Å². The fraction of sp³-hybridized carbons (Fsp3) is 0.250. The first-order valence-corrected chi connectivity index (χ1v) is 6.74. The molecule has 0 spiro atoms. The van der Waals surface area contributed by atoms with Gasteiger partial charge in [-0.2, -0.15) is 0 Å². The Morgan fingerprint density at radius 1 is 1.38 bits per heavy atom. The zero-order valence-corrected chi connectivity index (χ0v) is 12.0. The van der Waals surface area contributed by atoms with Crippen LogP contribution in [0.4, 0.5) is 5.69 Å². The maximum absolute atomic E-state index is 12.7. The van der Waals surface area contributed by atoms with E-state index in [-0.39, 0.29) is 5.91 Å². The summed E-state index contributed by atoms with van der Waals surface area (Å²) in [4.78, 5) is 18.7. The number of pyridine rings is 1. The average molecular weight is 284 g/mol. The van der Waals surface area contributed by atoms with Crippen LogP contribution in [-0.4, -0.2) is 31.2 Å². The Labute approximate surface area is 123 Å². The molecular formula is C16H16N2O3. The Kier molecular flexibility index (Phi) is 3.48. The molecule has 0 bridgehead atoms. The van der Waals surface area contributed by atoms with Gasteiger partial charge in [-0.15, -0.1) is 0 Å². The smallest absolute Gasteiger partial charge is 0.258 e. The van der Waals surface area contributed by atoms with Gasteiger partial charge in [0.25, 0.3) is 5.91 Å². The molecule has 0 saturated heterocycles. The van der Waals surface area contributed by atoms with E-state index in [0.29, 0.717) is 36.0 Å². The first kappa shape index (κ1) is 13.4. The van der Waals surface area contributed by atoms with Crippen molar-refractivity contribution in [2.75, 3.05) is 25.2 Å². The molecule has 21 heavy (non-hydrogen) atoms. The molecule has 3 rings (SSSR count). The summed E-state index contributed by atoms with van der Waals surface area (Å²) in [5, 5.41) is 0. The van der Waals surface area contributed by atoms with Crippen molar-refractivity contribution >= 4 is 11.6 Å². The van der Waals surface area contributed by atoms with E-state index in [4.69, 9.17) is 9.47 Å². The Morgan fingerprint density at radius 2 is 2.24 bits per heavy atom.